The van der Waals surface area contributed by atoms with Crippen LogP contribution in [0.4, 0.5) is 0 Å². The first-order valence-electron chi connectivity index (χ1n) is 15.6. The minimum atomic E-state index is 0.557. The van der Waals surface area contributed by atoms with Crippen LogP contribution in [0.3, 0.4) is 0 Å². The van der Waals surface area contributed by atoms with E-state index in [4.69, 9.17) is 19.9 Å². The van der Waals surface area contributed by atoms with E-state index in [0.717, 1.165) is 66.5 Å². The third kappa shape index (κ3) is 3.80. The Kier molecular flexibility index (Phi) is 5.44. The summed E-state index contributed by atoms with van der Waals surface area (Å²) >= 11 is 0. The molecule has 0 spiro atoms. The average Bonchev–Trinajstić information content (AvgIpc) is 3.79. The maximum Gasteiger partial charge on any atom is 0.238 e. The van der Waals surface area contributed by atoms with Gasteiger partial charge in [-0.2, -0.15) is 9.97 Å². The first kappa shape index (κ1) is 25.7. The van der Waals surface area contributed by atoms with Crippen molar-refractivity contribution in [1.82, 2.24) is 33.5 Å². The highest BCUT2D eigenvalue weighted by Crippen LogP contribution is 2.39. The molecule has 4 heterocycles. The first-order chi connectivity index (χ1) is 23.3. The van der Waals surface area contributed by atoms with Gasteiger partial charge in [-0.25, -0.2) is 9.97 Å². The number of fused-ring (bicyclic) bond motifs is 9. The fraction of sp³-hybridized carbons (Fsp3) is 0. The van der Waals surface area contributed by atoms with Gasteiger partial charge in [-0.05, 0) is 42.5 Å². The zero-order valence-corrected chi connectivity index (χ0v) is 25.1. The number of nitrogens with zero attached hydrogens (tertiary/aromatic N) is 7. The molecule has 0 N–H and O–H groups in total. The van der Waals surface area contributed by atoms with Gasteiger partial charge in [-0.3, -0.25) is 13.5 Å². The number of benzene rings is 6. The lowest BCUT2D eigenvalue weighted by Gasteiger charge is -2.11. The van der Waals surface area contributed by atoms with E-state index in [1.165, 1.54) is 0 Å². The Balaban J connectivity index is 1.41. The van der Waals surface area contributed by atoms with Crippen LogP contribution in [0.2, 0.25) is 0 Å². The molecule has 0 amide bonds. The van der Waals surface area contributed by atoms with Crippen LogP contribution in [0, 0.1) is 0 Å². The van der Waals surface area contributed by atoms with Crippen LogP contribution in [-0.4, -0.2) is 33.5 Å². The summed E-state index contributed by atoms with van der Waals surface area (Å²) in [4.78, 5) is 20.5. The van der Waals surface area contributed by atoms with E-state index in [2.05, 4.69) is 92.4 Å². The molecule has 6 aromatic carbocycles. The van der Waals surface area contributed by atoms with Crippen molar-refractivity contribution in [1.29, 1.82) is 0 Å². The van der Waals surface area contributed by atoms with Gasteiger partial charge in [0.1, 0.15) is 0 Å². The van der Waals surface area contributed by atoms with Crippen molar-refractivity contribution >= 4 is 49.7 Å². The summed E-state index contributed by atoms with van der Waals surface area (Å²) < 4.78 is 6.73. The lowest BCUT2D eigenvalue weighted by Crippen LogP contribution is -2.06. The van der Waals surface area contributed by atoms with Crippen molar-refractivity contribution in [3.05, 3.63) is 152 Å². The van der Waals surface area contributed by atoms with Crippen molar-refractivity contribution in [2.45, 2.75) is 0 Å². The summed E-state index contributed by atoms with van der Waals surface area (Å²) in [5.41, 5.74) is 8.98. The highest BCUT2D eigenvalue weighted by Gasteiger charge is 2.25. The molecule has 0 aliphatic carbocycles. The molecule has 7 nitrogen and oxygen atoms in total. The normalized spacial score (nSPS) is 11.8. The first-order valence-corrected chi connectivity index (χ1v) is 15.6. The van der Waals surface area contributed by atoms with Gasteiger partial charge in [0.15, 0.2) is 11.6 Å². The summed E-state index contributed by atoms with van der Waals surface area (Å²) in [6.07, 6.45) is 0. The largest absolute Gasteiger partial charge is 0.278 e. The van der Waals surface area contributed by atoms with Crippen molar-refractivity contribution in [2.24, 2.45) is 0 Å². The van der Waals surface area contributed by atoms with E-state index in [-0.39, 0.29) is 0 Å². The fourth-order valence-electron chi connectivity index (χ4n) is 6.86. The van der Waals surface area contributed by atoms with Crippen LogP contribution in [0.15, 0.2) is 152 Å². The topological polar surface area (TPSA) is 65.8 Å². The SMILES string of the molecule is c1ccc(-c2nc(-c3ccccc3)nc(-n3c4ccccc4c4ccc5c(c43)n3c4ccccc4nc3n5-c3ccccc3)n2)cc1. The second-order valence-corrected chi connectivity index (χ2v) is 11.6. The van der Waals surface area contributed by atoms with Crippen molar-refractivity contribution in [2.75, 3.05) is 0 Å². The Labute approximate surface area is 268 Å². The van der Waals surface area contributed by atoms with Crippen LogP contribution in [0.1, 0.15) is 0 Å². The average molecular weight is 604 g/mol. The molecule has 0 saturated heterocycles. The van der Waals surface area contributed by atoms with Gasteiger partial charge in [-0.15, -0.1) is 0 Å². The van der Waals surface area contributed by atoms with E-state index in [1.54, 1.807) is 0 Å². The van der Waals surface area contributed by atoms with Crippen LogP contribution >= 0.6 is 0 Å². The van der Waals surface area contributed by atoms with Crippen molar-refractivity contribution in [3.8, 4) is 34.4 Å². The predicted molar refractivity (Wildman–Crippen MR) is 188 cm³/mol. The molecule has 0 unspecified atom stereocenters. The molecule has 0 saturated carbocycles. The van der Waals surface area contributed by atoms with Crippen LogP contribution in [-0.2, 0) is 0 Å². The highest BCUT2D eigenvalue weighted by molar-refractivity contribution is 6.18. The number of imidazole rings is 2. The Bertz CT molecular complexity index is 2720. The maximum absolute atomic E-state index is 5.18. The third-order valence-electron chi connectivity index (χ3n) is 8.90. The van der Waals surface area contributed by atoms with Gasteiger partial charge in [-0.1, -0.05) is 109 Å². The summed E-state index contributed by atoms with van der Waals surface area (Å²) in [7, 11) is 0. The molecular weight excluding hydrogens is 578 g/mol. The van der Waals surface area contributed by atoms with E-state index >= 15 is 0 Å². The lowest BCUT2D eigenvalue weighted by atomic mass is 10.1. The zero-order valence-electron chi connectivity index (χ0n) is 25.1. The highest BCUT2D eigenvalue weighted by atomic mass is 15.2. The van der Waals surface area contributed by atoms with E-state index in [1.807, 2.05) is 72.8 Å². The Morgan fingerprint density at radius 1 is 0.383 bits per heavy atom. The molecule has 7 heteroatoms. The molecule has 0 atom stereocenters. The summed E-state index contributed by atoms with van der Waals surface area (Å²) in [5, 5.41) is 2.23. The van der Waals surface area contributed by atoms with Crippen LogP contribution in [0.5, 0.6) is 0 Å². The second-order valence-electron chi connectivity index (χ2n) is 11.6. The number of para-hydroxylation sites is 4. The summed E-state index contributed by atoms with van der Waals surface area (Å²) in [5.74, 6) is 2.64. The molecule has 0 radical (unpaired) electrons. The molecular formula is C40H25N7. The molecule has 0 bridgehead atoms. The van der Waals surface area contributed by atoms with Crippen LogP contribution in [0.25, 0.3) is 84.1 Å². The monoisotopic (exact) mass is 603 g/mol. The minimum absolute atomic E-state index is 0.557. The van der Waals surface area contributed by atoms with Gasteiger partial charge in [0.05, 0.1) is 33.1 Å². The van der Waals surface area contributed by atoms with Crippen molar-refractivity contribution in [3.63, 3.8) is 0 Å². The predicted octanol–water partition coefficient (Wildman–Crippen LogP) is 9.05. The van der Waals surface area contributed by atoms with Gasteiger partial charge >= 0.3 is 0 Å². The molecule has 10 aromatic rings. The molecule has 10 rings (SSSR count). The zero-order chi connectivity index (χ0) is 30.9. The molecule has 47 heavy (non-hydrogen) atoms. The van der Waals surface area contributed by atoms with Gasteiger partial charge in [0, 0.05) is 27.6 Å². The number of rotatable bonds is 4. The second kappa shape index (κ2) is 9.95. The molecule has 0 fully saturated rings. The van der Waals surface area contributed by atoms with E-state index < -0.39 is 0 Å². The smallest absolute Gasteiger partial charge is 0.238 e. The number of aromatic nitrogens is 7. The molecule has 220 valence electrons. The van der Waals surface area contributed by atoms with E-state index in [0.29, 0.717) is 17.6 Å². The molecule has 4 aromatic heterocycles. The standard InChI is InChI=1S/C40H25N7/c1-4-14-26(15-5-1)37-42-38(27-16-6-2-7-17-27)44-39(43-37)46-32-22-12-10-20-29(32)30-24-25-34-36(35(30)46)47-33-23-13-11-21-31(33)41-40(47)45(34)28-18-8-3-9-19-28/h1-25H. The minimum Gasteiger partial charge on any atom is -0.278 e. The van der Waals surface area contributed by atoms with Crippen molar-refractivity contribution < 1.29 is 0 Å². The number of hydrogen-bond acceptors (Lipinski definition) is 4. The van der Waals surface area contributed by atoms with Gasteiger partial charge in [0.2, 0.25) is 11.7 Å². The Morgan fingerprint density at radius 2 is 0.979 bits per heavy atom. The van der Waals surface area contributed by atoms with Crippen LogP contribution < -0.4 is 0 Å². The summed E-state index contributed by atoms with van der Waals surface area (Å²) in [6.45, 7) is 0. The summed E-state index contributed by atoms with van der Waals surface area (Å²) in [6, 6.07) is 51.9. The van der Waals surface area contributed by atoms with E-state index in [9.17, 15) is 0 Å². The third-order valence-corrected chi connectivity index (χ3v) is 8.90. The Hall–Kier alpha value is -6.60. The number of hydrogen-bond donors (Lipinski definition) is 0. The maximum atomic E-state index is 5.18. The molecule has 0 aliphatic heterocycles. The molecule has 0 aliphatic rings. The Morgan fingerprint density at radius 3 is 1.68 bits per heavy atom. The quantitative estimate of drug-likeness (QED) is 0.201. The van der Waals surface area contributed by atoms with Gasteiger partial charge in [0.25, 0.3) is 0 Å². The fourth-order valence-corrected chi connectivity index (χ4v) is 6.86. The lowest BCUT2D eigenvalue weighted by molar-refractivity contribution is 0.954. The van der Waals surface area contributed by atoms with Gasteiger partial charge < -0.3 is 0 Å².